The van der Waals surface area contributed by atoms with Gasteiger partial charge in [-0.05, 0) is 24.1 Å². The van der Waals surface area contributed by atoms with Gasteiger partial charge in [-0.3, -0.25) is 4.79 Å². The van der Waals surface area contributed by atoms with Crippen molar-refractivity contribution in [3.8, 4) is 11.5 Å². The summed E-state index contributed by atoms with van der Waals surface area (Å²) in [4.78, 5) is 11.6. The summed E-state index contributed by atoms with van der Waals surface area (Å²) in [7, 11) is 0. The maximum Gasteiger partial charge on any atom is 0.231 e. The first-order valence-electron chi connectivity index (χ1n) is 6.12. The highest BCUT2D eigenvalue weighted by atomic mass is 16.7. The molecule has 1 aliphatic heterocycles. The van der Waals surface area contributed by atoms with Crippen LogP contribution in [0.1, 0.15) is 12.0 Å². The lowest BCUT2D eigenvalue weighted by Crippen LogP contribution is -2.40. The minimum absolute atomic E-state index is 0.203. The van der Waals surface area contributed by atoms with E-state index in [2.05, 4.69) is 5.32 Å². The molecule has 0 saturated carbocycles. The van der Waals surface area contributed by atoms with Crippen LogP contribution in [-0.2, 0) is 11.2 Å². The number of hydrogen-bond donors (Lipinski definition) is 3. The van der Waals surface area contributed by atoms with Gasteiger partial charge in [0.2, 0.25) is 12.7 Å². The molecule has 1 aliphatic rings. The molecule has 3 N–H and O–H groups in total. The van der Waals surface area contributed by atoms with E-state index < -0.39 is 6.04 Å². The van der Waals surface area contributed by atoms with Crippen LogP contribution < -0.4 is 14.8 Å². The zero-order valence-electron chi connectivity index (χ0n) is 10.5. The van der Waals surface area contributed by atoms with E-state index in [-0.39, 0.29) is 32.3 Å². The molecular weight excluding hydrogens is 250 g/mol. The summed E-state index contributed by atoms with van der Waals surface area (Å²) in [6.07, 6.45) is 0.849. The molecule has 1 aromatic carbocycles. The number of aryl methyl sites for hydroxylation is 1. The van der Waals surface area contributed by atoms with Crippen LogP contribution in [-0.4, -0.2) is 42.2 Å². The number of hydrogen-bond acceptors (Lipinski definition) is 5. The van der Waals surface area contributed by atoms with E-state index >= 15 is 0 Å². The number of aliphatic hydroxyl groups is 2. The fourth-order valence-electron chi connectivity index (χ4n) is 1.80. The van der Waals surface area contributed by atoms with E-state index in [1.165, 1.54) is 0 Å². The molecule has 1 amide bonds. The van der Waals surface area contributed by atoms with Crippen molar-refractivity contribution in [3.05, 3.63) is 23.8 Å². The van der Waals surface area contributed by atoms with Gasteiger partial charge in [0.15, 0.2) is 11.5 Å². The molecule has 0 aromatic heterocycles. The van der Waals surface area contributed by atoms with Crippen LogP contribution in [0.4, 0.5) is 0 Å². The molecule has 1 heterocycles. The SMILES string of the molecule is O=C(CCc1ccc2c(c1)OCO2)NC(CO)CO. The van der Waals surface area contributed by atoms with Crippen molar-refractivity contribution in [2.45, 2.75) is 18.9 Å². The Kier molecular flexibility index (Phi) is 4.59. The first-order chi connectivity index (χ1) is 9.22. The van der Waals surface area contributed by atoms with Crippen LogP contribution in [0.5, 0.6) is 11.5 Å². The number of ether oxygens (including phenoxy) is 2. The summed E-state index contributed by atoms with van der Waals surface area (Å²) < 4.78 is 10.5. The monoisotopic (exact) mass is 267 g/mol. The highest BCUT2D eigenvalue weighted by Gasteiger charge is 2.14. The van der Waals surface area contributed by atoms with Crippen LogP contribution in [0.25, 0.3) is 0 Å². The number of aliphatic hydroxyl groups excluding tert-OH is 2. The van der Waals surface area contributed by atoms with Crippen molar-refractivity contribution in [3.63, 3.8) is 0 Å². The van der Waals surface area contributed by atoms with Gasteiger partial charge in [0.25, 0.3) is 0 Å². The topological polar surface area (TPSA) is 88.0 Å². The number of carbonyl (C=O) groups is 1. The number of fused-ring (bicyclic) bond motifs is 1. The molecule has 2 rings (SSSR count). The average molecular weight is 267 g/mol. The Morgan fingerprint density at radius 1 is 1.26 bits per heavy atom. The molecule has 6 nitrogen and oxygen atoms in total. The fraction of sp³-hybridized carbons (Fsp3) is 0.462. The van der Waals surface area contributed by atoms with Crippen molar-refractivity contribution in [2.75, 3.05) is 20.0 Å². The molecule has 0 bridgehead atoms. The van der Waals surface area contributed by atoms with Crippen LogP contribution in [0.2, 0.25) is 0 Å². The van der Waals surface area contributed by atoms with Crippen molar-refractivity contribution in [2.24, 2.45) is 0 Å². The van der Waals surface area contributed by atoms with Crippen LogP contribution >= 0.6 is 0 Å². The summed E-state index contributed by atoms with van der Waals surface area (Å²) in [5.41, 5.74) is 0.976. The fourth-order valence-corrected chi connectivity index (χ4v) is 1.80. The minimum Gasteiger partial charge on any atom is -0.454 e. The third-order valence-corrected chi connectivity index (χ3v) is 2.88. The predicted octanol–water partition coefficient (Wildman–Crippen LogP) is -0.183. The van der Waals surface area contributed by atoms with Crippen molar-refractivity contribution >= 4 is 5.91 Å². The highest BCUT2D eigenvalue weighted by molar-refractivity contribution is 5.76. The van der Waals surface area contributed by atoms with Gasteiger partial charge >= 0.3 is 0 Å². The first-order valence-corrected chi connectivity index (χ1v) is 6.12. The molecule has 0 radical (unpaired) electrons. The predicted molar refractivity (Wildman–Crippen MR) is 67.0 cm³/mol. The van der Waals surface area contributed by atoms with E-state index in [9.17, 15) is 4.79 Å². The smallest absolute Gasteiger partial charge is 0.231 e. The van der Waals surface area contributed by atoms with Gasteiger partial charge in [-0.15, -0.1) is 0 Å². The van der Waals surface area contributed by atoms with Gasteiger partial charge in [-0.2, -0.15) is 0 Å². The van der Waals surface area contributed by atoms with Gasteiger partial charge in [0.05, 0.1) is 19.3 Å². The summed E-state index contributed by atoms with van der Waals surface area (Å²) in [5.74, 6) is 1.21. The van der Waals surface area contributed by atoms with Gasteiger partial charge < -0.3 is 25.0 Å². The summed E-state index contributed by atoms with van der Waals surface area (Å²) in [6, 6.07) is 4.96. The standard InChI is InChI=1S/C13H17NO5/c15-6-10(7-16)14-13(17)4-2-9-1-3-11-12(5-9)19-8-18-11/h1,3,5,10,15-16H,2,4,6-8H2,(H,14,17). The number of nitrogens with one attached hydrogen (secondary N) is 1. The van der Waals surface area contributed by atoms with E-state index in [1.54, 1.807) is 0 Å². The minimum atomic E-state index is -0.593. The molecule has 1 aromatic rings. The Labute approximate surface area is 111 Å². The second kappa shape index (κ2) is 6.40. The Morgan fingerprint density at radius 3 is 2.74 bits per heavy atom. The van der Waals surface area contributed by atoms with Crippen LogP contribution in [0, 0.1) is 0 Å². The van der Waals surface area contributed by atoms with Crippen molar-refractivity contribution in [1.29, 1.82) is 0 Å². The van der Waals surface area contributed by atoms with Crippen LogP contribution in [0.3, 0.4) is 0 Å². The summed E-state index contributed by atoms with van der Waals surface area (Å²) in [5, 5.41) is 20.3. The zero-order valence-corrected chi connectivity index (χ0v) is 10.5. The molecule has 19 heavy (non-hydrogen) atoms. The molecule has 0 unspecified atom stereocenters. The average Bonchev–Trinajstić information content (AvgIpc) is 2.89. The van der Waals surface area contributed by atoms with Crippen molar-refractivity contribution in [1.82, 2.24) is 5.32 Å². The molecule has 0 aliphatic carbocycles. The molecule has 104 valence electrons. The number of rotatable bonds is 6. The number of benzene rings is 1. The Balaban J connectivity index is 1.83. The molecule has 0 atom stereocenters. The van der Waals surface area contributed by atoms with Gasteiger partial charge in [-0.25, -0.2) is 0 Å². The highest BCUT2D eigenvalue weighted by Crippen LogP contribution is 2.32. The van der Waals surface area contributed by atoms with Gasteiger partial charge in [-0.1, -0.05) is 6.07 Å². The number of carbonyl (C=O) groups excluding carboxylic acids is 1. The Morgan fingerprint density at radius 2 is 2.00 bits per heavy atom. The van der Waals surface area contributed by atoms with E-state index in [4.69, 9.17) is 19.7 Å². The third-order valence-electron chi connectivity index (χ3n) is 2.88. The second-order valence-electron chi connectivity index (χ2n) is 4.32. The van der Waals surface area contributed by atoms with Crippen LogP contribution in [0.15, 0.2) is 18.2 Å². The van der Waals surface area contributed by atoms with Gasteiger partial charge in [0, 0.05) is 6.42 Å². The summed E-state index contributed by atoms with van der Waals surface area (Å²) in [6.45, 7) is -0.313. The Bertz CT molecular complexity index is 445. The lowest BCUT2D eigenvalue weighted by atomic mass is 10.1. The molecule has 0 spiro atoms. The number of amides is 1. The lowest BCUT2D eigenvalue weighted by molar-refractivity contribution is -0.122. The first kappa shape index (κ1) is 13.6. The Hall–Kier alpha value is -1.79. The van der Waals surface area contributed by atoms with Gasteiger partial charge in [0.1, 0.15) is 0 Å². The molecule has 0 fully saturated rings. The quantitative estimate of drug-likeness (QED) is 0.665. The maximum absolute atomic E-state index is 11.6. The third kappa shape index (κ3) is 3.59. The lowest BCUT2D eigenvalue weighted by Gasteiger charge is -2.13. The van der Waals surface area contributed by atoms with E-state index in [1.807, 2.05) is 18.2 Å². The largest absolute Gasteiger partial charge is 0.454 e. The van der Waals surface area contributed by atoms with Crippen molar-refractivity contribution < 1.29 is 24.5 Å². The van der Waals surface area contributed by atoms with E-state index in [0.717, 1.165) is 5.56 Å². The molecular formula is C13H17NO5. The van der Waals surface area contributed by atoms with E-state index in [0.29, 0.717) is 17.9 Å². The zero-order chi connectivity index (χ0) is 13.7. The molecule has 0 saturated heterocycles. The molecule has 6 heteroatoms. The summed E-state index contributed by atoms with van der Waals surface area (Å²) >= 11 is 0. The maximum atomic E-state index is 11.6. The second-order valence-corrected chi connectivity index (χ2v) is 4.32. The normalized spacial score (nSPS) is 12.8.